The fourth-order valence-corrected chi connectivity index (χ4v) is 5.00. The van der Waals surface area contributed by atoms with Crippen molar-refractivity contribution in [2.24, 2.45) is 0 Å². The highest BCUT2D eigenvalue weighted by molar-refractivity contribution is 5.99. The van der Waals surface area contributed by atoms with Crippen molar-refractivity contribution in [1.82, 2.24) is 19.9 Å². The predicted octanol–water partition coefficient (Wildman–Crippen LogP) is 4.46. The topological polar surface area (TPSA) is 98.8 Å². The molecule has 1 aromatic heterocycles. The summed E-state index contributed by atoms with van der Waals surface area (Å²) < 4.78 is 5.78. The number of aromatic nitrogens is 3. The Morgan fingerprint density at radius 2 is 1.51 bits per heavy atom. The summed E-state index contributed by atoms with van der Waals surface area (Å²) in [6, 6.07) is 16.0. The molecule has 10 nitrogen and oxygen atoms in total. The normalized spacial score (nSPS) is 18.5. The van der Waals surface area contributed by atoms with Gasteiger partial charge in [0.25, 0.3) is 0 Å². The first kappa shape index (κ1) is 26.8. The Kier molecular flexibility index (Phi) is 7.94. The molecule has 2 N–H and O–H groups in total. The first-order valence-corrected chi connectivity index (χ1v) is 13.5. The van der Waals surface area contributed by atoms with Crippen LogP contribution in [-0.4, -0.2) is 78.4 Å². The van der Waals surface area contributed by atoms with Crippen LogP contribution in [0.25, 0.3) is 11.4 Å². The molecule has 2 fully saturated rings. The van der Waals surface area contributed by atoms with E-state index >= 15 is 0 Å². The van der Waals surface area contributed by atoms with Crippen molar-refractivity contribution in [2.75, 3.05) is 54.8 Å². The van der Waals surface area contributed by atoms with Gasteiger partial charge in [-0.05, 0) is 82.7 Å². The van der Waals surface area contributed by atoms with E-state index in [1.165, 1.54) is 5.56 Å². The predicted molar refractivity (Wildman–Crippen MR) is 155 cm³/mol. The van der Waals surface area contributed by atoms with E-state index in [1.807, 2.05) is 69.7 Å². The van der Waals surface area contributed by atoms with Crippen LogP contribution in [0.1, 0.15) is 32.3 Å². The number of benzene rings is 2. The van der Waals surface area contributed by atoms with Crippen molar-refractivity contribution in [1.29, 1.82) is 0 Å². The zero-order valence-electron chi connectivity index (χ0n) is 23.4. The summed E-state index contributed by atoms with van der Waals surface area (Å²) >= 11 is 0. The highest BCUT2D eigenvalue weighted by Crippen LogP contribution is 2.33. The van der Waals surface area contributed by atoms with Gasteiger partial charge in [-0.25, -0.2) is 4.79 Å². The maximum Gasteiger partial charge on any atom is 0.323 e. The number of carbonyl (C=O) groups excluding carboxylic acids is 1. The molecule has 2 bridgehead atoms. The molecule has 2 amide bonds. The molecule has 0 radical (unpaired) electrons. The average Bonchev–Trinajstić information content (AvgIpc) is 3.17. The van der Waals surface area contributed by atoms with Gasteiger partial charge in [0.15, 0.2) is 5.82 Å². The van der Waals surface area contributed by atoms with Gasteiger partial charge in [0.05, 0.1) is 25.3 Å². The quantitative estimate of drug-likeness (QED) is 0.441. The molecular weight excluding hydrogens is 492 g/mol. The summed E-state index contributed by atoms with van der Waals surface area (Å²) in [7, 11) is 6.06. The lowest BCUT2D eigenvalue weighted by atomic mass is 10.2. The standard InChI is InChI=1S/C29H38N8O2/c1-19(2)36(5)27-32-26(33-28(34-27)37-24-14-15-25(37)18-39-17-24)21-8-12-23(13-9-21)31-29(38)30-22-10-6-20(7-11-22)16-35(3)4/h6-13,19,24-25H,14-18H2,1-5H3,(H2,30,31,38). The number of fused-ring (bicyclic) bond motifs is 2. The smallest absolute Gasteiger partial charge is 0.323 e. The molecule has 3 aromatic rings. The number of nitrogens with zero attached hydrogens (tertiary/aromatic N) is 6. The summed E-state index contributed by atoms with van der Waals surface area (Å²) in [5, 5.41) is 5.79. The Bertz CT molecular complexity index is 1260. The molecule has 0 saturated carbocycles. The second-order valence-electron chi connectivity index (χ2n) is 10.9. The van der Waals surface area contributed by atoms with Crippen molar-refractivity contribution in [3.8, 4) is 11.4 Å². The Morgan fingerprint density at radius 1 is 0.923 bits per heavy atom. The van der Waals surface area contributed by atoms with Gasteiger partial charge in [0.1, 0.15) is 0 Å². The second-order valence-corrected chi connectivity index (χ2v) is 10.9. The first-order valence-electron chi connectivity index (χ1n) is 13.5. The third kappa shape index (κ3) is 6.29. The van der Waals surface area contributed by atoms with Crippen LogP contribution in [0, 0.1) is 0 Å². The largest absolute Gasteiger partial charge is 0.377 e. The number of carbonyl (C=O) groups is 1. The number of hydrogen-bond donors (Lipinski definition) is 2. The molecule has 2 saturated heterocycles. The summed E-state index contributed by atoms with van der Waals surface area (Å²) in [5.74, 6) is 1.97. The lowest BCUT2D eigenvalue weighted by molar-refractivity contribution is 0.0897. The number of amides is 2. The van der Waals surface area contributed by atoms with Crippen LogP contribution in [0.4, 0.5) is 28.1 Å². The molecule has 39 heavy (non-hydrogen) atoms. The molecule has 5 rings (SSSR count). The maximum absolute atomic E-state index is 12.6. The Morgan fingerprint density at radius 3 is 2.08 bits per heavy atom. The number of rotatable bonds is 8. The molecule has 2 aromatic carbocycles. The second kappa shape index (κ2) is 11.5. The summed E-state index contributed by atoms with van der Waals surface area (Å²) in [4.78, 5) is 33.6. The molecule has 2 aliphatic heterocycles. The average molecular weight is 531 g/mol. The number of anilines is 4. The monoisotopic (exact) mass is 530 g/mol. The molecule has 10 heteroatoms. The SMILES string of the molecule is CC(C)N(C)c1nc(-c2ccc(NC(=O)Nc3ccc(CN(C)C)cc3)cc2)nc(N2C3CCC2COC3)n1. The van der Waals surface area contributed by atoms with Crippen LogP contribution in [0.3, 0.4) is 0 Å². The molecule has 2 aliphatic rings. The van der Waals surface area contributed by atoms with Gasteiger partial charge in [-0.15, -0.1) is 0 Å². The van der Waals surface area contributed by atoms with Gasteiger partial charge in [0.2, 0.25) is 11.9 Å². The van der Waals surface area contributed by atoms with Gasteiger partial charge >= 0.3 is 6.03 Å². The molecule has 2 atom stereocenters. The third-order valence-electron chi connectivity index (χ3n) is 7.28. The first-order chi connectivity index (χ1) is 18.8. The fraction of sp³-hybridized carbons (Fsp3) is 0.448. The van der Waals surface area contributed by atoms with Crippen LogP contribution in [0.2, 0.25) is 0 Å². The molecular formula is C29H38N8O2. The van der Waals surface area contributed by atoms with E-state index in [2.05, 4.69) is 39.2 Å². The number of urea groups is 1. The van der Waals surface area contributed by atoms with Gasteiger partial charge in [-0.3, -0.25) is 0 Å². The minimum absolute atomic E-state index is 0.240. The van der Waals surface area contributed by atoms with Gasteiger partial charge < -0.3 is 30.1 Å². The molecule has 2 unspecified atom stereocenters. The van der Waals surface area contributed by atoms with Crippen LogP contribution in [-0.2, 0) is 11.3 Å². The van der Waals surface area contributed by atoms with Gasteiger partial charge in [0, 0.05) is 36.6 Å². The van der Waals surface area contributed by atoms with Crippen molar-refractivity contribution >= 4 is 29.3 Å². The van der Waals surface area contributed by atoms with E-state index in [0.29, 0.717) is 48.7 Å². The van der Waals surface area contributed by atoms with E-state index in [4.69, 9.17) is 19.7 Å². The Hall–Kier alpha value is -3.76. The number of nitrogens with one attached hydrogen (secondary N) is 2. The van der Waals surface area contributed by atoms with E-state index in [-0.39, 0.29) is 12.1 Å². The highest BCUT2D eigenvalue weighted by atomic mass is 16.5. The zero-order chi connectivity index (χ0) is 27.5. The Balaban J connectivity index is 1.31. The number of morpholine rings is 1. The van der Waals surface area contributed by atoms with Crippen molar-refractivity contribution in [2.45, 2.75) is 51.4 Å². The molecule has 0 spiro atoms. The van der Waals surface area contributed by atoms with Crippen molar-refractivity contribution in [3.05, 3.63) is 54.1 Å². The zero-order valence-corrected chi connectivity index (χ0v) is 23.4. The van der Waals surface area contributed by atoms with Gasteiger partial charge in [-0.2, -0.15) is 15.0 Å². The minimum Gasteiger partial charge on any atom is -0.377 e. The number of hydrogen-bond acceptors (Lipinski definition) is 8. The minimum atomic E-state index is -0.297. The molecule has 3 heterocycles. The van der Waals surface area contributed by atoms with Crippen LogP contribution < -0.4 is 20.4 Å². The van der Waals surface area contributed by atoms with Crippen molar-refractivity contribution in [3.63, 3.8) is 0 Å². The van der Waals surface area contributed by atoms with E-state index in [0.717, 1.165) is 30.6 Å². The van der Waals surface area contributed by atoms with Crippen LogP contribution >= 0.6 is 0 Å². The van der Waals surface area contributed by atoms with Crippen molar-refractivity contribution < 1.29 is 9.53 Å². The fourth-order valence-electron chi connectivity index (χ4n) is 5.00. The van der Waals surface area contributed by atoms with E-state index in [9.17, 15) is 4.79 Å². The lowest BCUT2D eigenvalue weighted by Crippen LogP contribution is -2.47. The highest BCUT2D eigenvalue weighted by Gasteiger charge is 2.39. The maximum atomic E-state index is 12.6. The van der Waals surface area contributed by atoms with Gasteiger partial charge in [-0.1, -0.05) is 12.1 Å². The Labute approximate surface area is 230 Å². The lowest BCUT2D eigenvalue weighted by Gasteiger charge is -2.35. The third-order valence-corrected chi connectivity index (χ3v) is 7.28. The summed E-state index contributed by atoms with van der Waals surface area (Å²) in [6.45, 7) is 6.49. The summed E-state index contributed by atoms with van der Waals surface area (Å²) in [5.41, 5.74) is 3.47. The number of ether oxygens (including phenoxy) is 1. The van der Waals surface area contributed by atoms with E-state index in [1.54, 1.807) is 0 Å². The molecule has 0 aliphatic carbocycles. The summed E-state index contributed by atoms with van der Waals surface area (Å²) in [6.07, 6.45) is 2.17. The van der Waals surface area contributed by atoms with E-state index < -0.39 is 0 Å². The van der Waals surface area contributed by atoms with Crippen LogP contribution in [0.5, 0.6) is 0 Å². The van der Waals surface area contributed by atoms with Crippen LogP contribution in [0.15, 0.2) is 48.5 Å². The molecule has 206 valence electrons.